The maximum absolute atomic E-state index is 12.1. The van der Waals surface area contributed by atoms with Gasteiger partial charge in [0.05, 0.1) is 18.7 Å². The first-order valence-electron chi connectivity index (χ1n) is 9.06. The summed E-state index contributed by atoms with van der Waals surface area (Å²) < 4.78 is 1.84. The molecule has 2 heterocycles. The first-order chi connectivity index (χ1) is 13.1. The van der Waals surface area contributed by atoms with Crippen LogP contribution in [0.5, 0.6) is 0 Å². The van der Waals surface area contributed by atoms with Gasteiger partial charge in [-0.25, -0.2) is 0 Å². The average Bonchev–Trinajstić information content (AvgIpc) is 3.13. The fraction of sp³-hybridized carbons (Fsp3) is 0.286. The van der Waals surface area contributed by atoms with Crippen LogP contribution in [-0.4, -0.2) is 32.5 Å². The smallest absolute Gasteiger partial charge is 0.224 e. The van der Waals surface area contributed by atoms with Gasteiger partial charge in [-0.3, -0.25) is 14.5 Å². The van der Waals surface area contributed by atoms with Gasteiger partial charge in [-0.05, 0) is 35.9 Å². The number of thioether (sulfide) groups is 1. The lowest BCUT2D eigenvalue weighted by Crippen LogP contribution is -2.28. The molecule has 0 aliphatic heterocycles. The van der Waals surface area contributed by atoms with E-state index in [-0.39, 0.29) is 5.91 Å². The van der Waals surface area contributed by atoms with E-state index in [1.54, 1.807) is 12.4 Å². The summed E-state index contributed by atoms with van der Waals surface area (Å²) in [5.41, 5.74) is 2.97. The number of benzene rings is 1. The second kappa shape index (κ2) is 9.37. The number of nitrogens with zero attached hydrogens (tertiary/aromatic N) is 3. The first-order valence-corrected chi connectivity index (χ1v) is 9.94. The molecule has 1 amide bonds. The standard InChI is InChI=1S/C21H24N4OS/c1-16(2)27-19-5-3-17(4-6-19)15-21(26)23-12-14-25-13-9-20(24-25)18-7-10-22-11-8-18/h3-11,13,16H,12,14-15H2,1-2H3,(H,23,26). The van der Waals surface area contributed by atoms with Gasteiger partial charge in [0.25, 0.3) is 0 Å². The summed E-state index contributed by atoms with van der Waals surface area (Å²) >= 11 is 1.82. The van der Waals surface area contributed by atoms with Crippen LogP contribution in [0.25, 0.3) is 11.3 Å². The molecular weight excluding hydrogens is 356 g/mol. The molecule has 3 aromatic rings. The molecule has 0 spiro atoms. The number of hydrogen-bond acceptors (Lipinski definition) is 4. The van der Waals surface area contributed by atoms with Crippen LogP contribution in [0.15, 0.2) is 66.0 Å². The number of rotatable bonds is 8. The molecule has 6 heteroatoms. The van der Waals surface area contributed by atoms with Crippen LogP contribution in [0.4, 0.5) is 0 Å². The normalized spacial score (nSPS) is 10.9. The van der Waals surface area contributed by atoms with Gasteiger partial charge in [-0.2, -0.15) is 5.10 Å². The van der Waals surface area contributed by atoms with Gasteiger partial charge in [0.2, 0.25) is 5.91 Å². The van der Waals surface area contributed by atoms with Gasteiger partial charge in [0, 0.05) is 40.8 Å². The fourth-order valence-electron chi connectivity index (χ4n) is 2.68. The minimum atomic E-state index is 0.0285. The molecule has 1 N–H and O–H groups in total. The van der Waals surface area contributed by atoms with Crippen molar-refractivity contribution in [1.82, 2.24) is 20.1 Å². The highest BCUT2D eigenvalue weighted by Gasteiger charge is 2.05. The van der Waals surface area contributed by atoms with E-state index < -0.39 is 0 Å². The van der Waals surface area contributed by atoms with Crippen LogP contribution in [0.1, 0.15) is 19.4 Å². The molecule has 140 valence electrons. The zero-order valence-corrected chi connectivity index (χ0v) is 16.4. The Morgan fingerprint density at radius 3 is 2.56 bits per heavy atom. The monoisotopic (exact) mass is 380 g/mol. The van der Waals surface area contributed by atoms with Gasteiger partial charge >= 0.3 is 0 Å². The van der Waals surface area contributed by atoms with E-state index >= 15 is 0 Å². The summed E-state index contributed by atoms with van der Waals surface area (Å²) in [4.78, 5) is 17.4. The number of aromatic nitrogens is 3. The third-order valence-corrected chi connectivity index (χ3v) is 4.96. The molecule has 0 radical (unpaired) electrons. The minimum absolute atomic E-state index is 0.0285. The predicted octanol–water partition coefficient (Wildman–Crippen LogP) is 3.80. The highest BCUT2D eigenvalue weighted by Crippen LogP contribution is 2.23. The van der Waals surface area contributed by atoms with Gasteiger partial charge in [0.1, 0.15) is 0 Å². The Morgan fingerprint density at radius 2 is 1.85 bits per heavy atom. The van der Waals surface area contributed by atoms with Crippen molar-refractivity contribution in [3.8, 4) is 11.3 Å². The second-order valence-corrected chi connectivity index (χ2v) is 8.19. The number of hydrogen-bond donors (Lipinski definition) is 1. The van der Waals surface area contributed by atoms with Crippen LogP contribution in [0, 0.1) is 0 Å². The number of pyridine rings is 1. The van der Waals surface area contributed by atoms with E-state index in [0.717, 1.165) is 16.8 Å². The lowest BCUT2D eigenvalue weighted by Gasteiger charge is -2.08. The van der Waals surface area contributed by atoms with E-state index in [0.29, 0.717) is 24.8 Å². The highest BCUT2D eigenvalue weighted by molar-refractivity contribution is 7.99. The lowest BCUT2D eigenvalue weighted by molar-refractivity contribution is -0.120. The summed E-state index contributed by atoms with van der Waals surface area (Å²) in [6, 6.07) is 14.0. The molecule has 2 aromatic heterocycles. The van der Waals surface area contributed by atoms with Crippen LogP contribution in [-0.2, 0) is 17.8 Å². The maximum Gasteiger partial charge on any atom is 0.224 e. The number of amides is 1. The molecule has 0 bridgehead atoms. The largest absolute Gasteiger partial charge is 0.354 e. The third-order valence-electron chi connectivity index (χ3n) is 3.94. The van der Waals surface area contributed by atoms with Gasteiger partial charge in [0.15, 0.2) is 0 Å². The highest BCUT2D eigenvalue weighted by atomic mass is 32.2. The first kappa shape index (κ1) is 19.2. The van der Waals surface area contributed by atoms with E-state index in [1.165, 1.54) is 4.90 Å². The molecular formula is C21H24N4OS. The molecule has 27 heavy (non-hydrogen) atoms. The molecule has 3 rings (SSSR count). The third kappa shape index (κ3) is 5.96. The topological polar surface area (TPSA) is 59.8 Å². The van der Waals surface area contributed by atoms with Crippen molar-refractivity contribution in [3.63, 3.8) is 0 Å². The van der Waals surface area contributed by atoms with Gasteiger partial charge in [-0.15, -0.1) is 11.8 Å². The summed E-state index contributed by atoms with van der Waals surface area (Å²) in [6.07, 6.45) is 5.83. The fourth-order valence-corrected chi connectivity index (χ4v) is 3.52. The van der Waals surface area contributed by atoms with Crippen molar-refractivity contribution >= 4 is 17.7 Å². The molecule has 0 aliphatic rings. The molecule has 0 fully saturated rings. The SMILES string of the molecule is CC(C)Sc1ccc(CC(=O)NCCn2ccc(-c3ccncc3)n2)cc1. The molecule has 0 saturated heterocycles. The molecule has 1 aromatic carbocycles. The van der Waals surface area contributed by atoms with Crippen molar-refractivity contribution < 1.29 is 4.79 Å². The predicted molar refractivity (Wildman–Crippen MR) is 110 cm³/mol. The van der Waals surface area contributed by atoms with Crippen LogP contribution in [0.2, 0.25) is 0 Å². The Labute approximate surface area is 164 Å². The zero-order chi connectivity index (χ0) is 19.1. The van der Waals surface area contributed by atoms with E-state index in [9.17, 15) is 4.79 Å². The Balaban J connectivity index is 1.44. The molecule has 5 nitrogen and oxygen atoms in total. The summed E-state index contributed by atoms with van der Waals surface area (Å²) in [5, 5.41) is 8.05. The zero-order valence-electron chi connectivity index (χ0n) is 15.6. The Bertz CT molecular complexity index is 859. The quantitative estimate of drug-likeness (QED) is 0.604. The van der Waals surface area contributed by atoms with Gasteiger partial charge in [-0.1, -0.05) is 26.0 Å². The van der Waals surface area contributed by atoms with E-state index in [2.05, 4.69) is 41.4 Å². The maximum atomic E-state index is 12.1. The van der Waals surface area contributed by atoms with E-state index in [1.807, 2.05) is 53.0 Å². The number of nitrogens with one attached hydrogen (secondary N) is 1. The van der Waals surface area contributed by atoms with Crippen molar-refractivity contribution in [2.75, 3.05) is 6.54 Å². The van der Waals surface area contributed by atoms with Crippen LogP contribution < -0.4 is 5.32 Å². The van der Waals surface area contributed by atoms with Crippen molar-refractivity contribution in [2.24, 2.45) is 0 Å². The Hall–Kier alpha value is -2.60. The lowest BCUT2D eigenvalue weighted by atomic mass is 10.1. The average molecular weight is 381 g/mol. The van der Waals surface area contributed by atoms with Crippen LogP contribution >= 0.6 is 11.8 Å². The van der Waals surface area contributed by atoms with Gasteiger partial charge < -0.3 is 5.32 Å². The number of carbonyl (C=O) groups is 1. The van der Waals surface area contributed by atoms with Crippen LogP contribution in [0.3, 0.4) is 0 Å². The second-order valence-electron chi connectivity index (χ2n) is 6.54. The van der Waals surface area contributed by atoms with Crippen molar-refractivity contribution in [1.29, 1.82) is 0 Å². The Morgan fingerprint density at radius 1 is 1.11 bits per heavy atom. The molecule has 0 atom stereocenters. The van der Waals surface area contributed by atoms with E-state index in [4.69, 9.17) is 0 Å². The molecule has 0 aliphatic carbocycles. The Kier molecular flexibility index (Phi) is 6.65. The molecule has 0 unspecified atom stereocenters. The number of carbonyl (C=O) groups excluding carboxylic acids is 1. The minimum Gasteiger partial charge on any atom is -0.354 e. The van der Waals surface area contributed by atoms with Crippen molar-refractivity contribution in [2.45, 2.75) is 37.0 Å². The van der Waals surface area contributed by atoms with Crippen molar-refractivity contribution in [3.05, 3.63) is 66.6 Å². The summed E-state index contributed by atoms with van der Waals surface area (Å²) in [7, 11) is 0. The summed E-state index contributed by atoms with van der Waals surface area (Å²) in [5.74, 6) is 0.0285. The molecule has 0 saturated carbocycles. The summed E-state index contributed by atoms with van der Waals surface area (Å²) in [6.45, 7) is 5.54.